The number of nitrogens with zero attached hydrogens (tertiary/aromatic N) is 3. The third-order valence-corrected chi connectivity index (χ3v) is 3.66. The zero-order valence-electron chi connectivity index (χ0n) is 10.7. The lowest BCUT2D eigenvalue weighted by Crippen LogP contribution is -2.35. The van der Waals surface area contributed by atoms with Crippen molar-refractivity contribution in [2.24, 2.45) is 5.92 Å². The predicted octanol–water partition coefficient (Wildman–Crippen LogP) is 2.48. The number of thioether (sulfide) groups is 1. The largest absolute Gasteiger partial charge is 0.373 e. The van der Waals surface area contributed by atoms with Gasteiger partial charge in [0.15, 0.2) is 5.16 Å². The lowest BCUT2D eigenvalue weighted by atomic mass is 10.0. The second kappa shape index (κ2) is 5.58. The maximum Gasteiger partial charge on any atom is 0.191 e. The smallest absolute Gasteiger partial charge is 0.191 e. The molecule has 2 heterocycles. The van der Waals surface area contributed by atoms with Crippen LogP contribution in [0.3, 0.4) is 0 Å². The number of hydrogen-bond donors (Lipinski definition) is 1. The van der Waals surface area contributed by atoms with E-state index in [1.165, 1.54) is 12.8 Å². The van der Waals surface area contributed by atoms with Gasteiger partial charge in [-0.25, -0.2) is 9.97 Å². The summed E-state index contributed by atoms with van der Waals surface area (Å²) in [6.07, 6.45) is 4.60. The first-order chi connectivity index (χ1) is 8.22. The summed E-state index contributed by atoms with van der Waals surface area (Å²) in [5.74, 6) is 2.72. The third kappa shape index (κ3) is 3.03. The molecule has 1 N–H and O–H groups in total. The van der Waals surface area contributed by atoms with Crippen LogP contribution in [0.5, 0.6) is 0 Å². The minimum atomic E-state index is 0.759. The molecule has 1 aromatic rings. The molecule has 0 aromatic carbocycles. The van der Waals surface area contributed by atoms with Gasteiger partial charge in [0.2, 0.25) is 0 Å². The topological polar surface area (TPSA) is 41.0 Å². The molecule has 2 rings (SSSR count). The van der Waals surface area contributed by atoms with Gasteiger partial charge in [-0.1, -0.05) is 18.7 Å². The van der Waals surface area contributed by atoms with Crippen LogP contribution >= 0.6 is 11.8 Å². The third-order valence-electron chi connectivity index (χ3n) is 3.11. The van der Waals surface area contributed by atoms with Gasteiger partial charge in [0, 0.05) is 26.2 Å². The average molecular weight is 252 g/mol. The molecule has 4 nitrogen and oxygen atoms in total. The number of anilines is 2. The van der Waals surface area contributed by atoms with Crippen molar-refractivity contribution in [1.29, 1.82) is 0 Å². The molecule has 0 spiro atoms. The fraction of sp³-hybridized carbons (Fsp3) is 0.667. The highest BCUT2D eigenvalue weighted by molar-refractivity contribution is 7.98. The summed E-state index contributed by atoms with van der Waals surface area (Å²) < 4.78 is 0. The van der Waals surface area contributed by atoms with E-state index in [4.69, 9.17) is 0 Å². The number of hydrogen-bond acceptors (Lipinski definition) is 5. The highest BCUT2D eigenvalue weighted by Gasteiger charge is 2.18. The Hall–Kier alpha value is -0.970. The lowest BCUT2D eigenvalue weighted by molar-refractivity contribution is 0.444. The van der Waals surface area contributed by atoms with Gasteiger partial charge in [-0.2, -0.15) is 0 Å². The summed E-state index contributed by atoms with van der Waals surface area (Å²) in [6, 6.07) is 2.04. The molecular weight excluding hydrogens is 232 g/mol. The normalized spacial score (nSPS) is 20.4. The van der Waals surface area contributed by atoms with Crippen molar-refractivity contribution in [1.82, 2.24) is 9.97 Å². The van der Waals surface area contributed by atoms with E-state index in [1.54, 1.807) is 11.8 Å². The zero-order valence-corrected chi connectivity index (χ0v) is 11.5. The van der Waals surface area contributed by atoms with Gasteiger partial charge < -0.3 is 10.2 Å². The standard InChI is InChI=1S/C12H20N4S/c1-9-5-4-6-16(8-9)11-7-10(13-2)14-12(15-11)17-3/h7,9H,4-6,8H2,1-3H3,(H,13,14,15). The molecule has 1 unspecified atom stereocenters. The van der Waals surface area contributed by atoms with Gasteiger partial charge in [0.05, 0.1) is 0 Å². The summed E-state index contributed by atoms with van der Waals surface area (Å²) in [6.45, 7) is 4.52. The summed E-state index contributed by atoms with van der Waals surface area (Å²) in [7, 11) is 1.90. The van der Waals surface area contributed by atoms with Crippen LogP contribution in [0.1, 0.15) is 19.8 Å². The molecule has 1 aliphatic rings. The maximum absolute atomic E-state index is 4.60. The molecule has 0 saturated carbocycles. The Bertz CT molecular complexity index is 361. The van der Waals surface area contributed by atoms with Crippen molar-refractivity contribution in [2.45, 2.75) is 24.9 Å². The van der Waals surface area contributed by atoms with E-state index in [0.717, 1.165) is 35.8 Å². The van der Waals surface area contributed by atoms with E-state index < -0.39 is 0 Å². The van der Waals surface area contributed by atoms with Crippen LogP contribution in [0.25, 0.3) is 0 Å². The summed E-state index contributed by atoms with van der Waals surface area (Å²) in [5, 5.41) is 3.94. The summed E-state index contributed by atoms with van der Waals surface area (Å²) >= 11 is 1.59. The molecule has 0 radical (unpaired) electrons. The van der Waals surface area contributed by atoms with E-state index in [9.17, 15) is 0 Å². The van der Waals surface area contributed by atoms with E-state index in [-0.39, 0.29) is 0 Å². The Kier molecular flexibility index (Phi) is 4.10. The zero-order chi connectivity index (χ0) is 12.3. The van der Waals surface area contributed by atoms with E-state index in [2.05, 4.69) is 27.1 Å². The van der Waals surface area contributed by atoms with Gasteiger partial charge in [-0.3, -0.25) is 0 Å². The van der Waals surface area contributed by atoms with Crippen LogP contribution in [0, 0.1) is 5.92 Å². The molecule has 1 aliphatic heterocycles. The van der Waals surface area contributed by atoms with Gasteiger partial charge in [0.1, 0.15) is 11.6 Å². The van der Waals surface area contributed by atoms with Crippen LogP contribution < -0.4 is 10.2 Å². The molecule has 0 aliphatic carbocycles. The number of nitrogens with one attached hydrogen (secondary N) is 1. The van der Waals surface area contributed by atoms with Crippen molar-refractivity contribution in [3.8, 4) is 0 Å². The summed E-state index contributed by atoms with van der Waals surface area (Å²) in [5.41, 5.74) is 0. The Balaban J connectivity index is 2.23. The van der Waals surface area contributed by atoms with Crippen molar-refractivity contribution < 1.29 is 0 Å². The Morgan fingerprint density at radius 1 is 1.47 bits per heavy atom. The number of rotatable bonds is 3. The van der Waals surface area contributed by atoms with Crippen LogP contribution in [0.15, 0.2) is 11.2 Å². The second-order valence-electron chi connectivity index (χ2n) is 4.54. The van der Waals surface area contributed by atoms with Crippen LogP contribution in [0.2, 0.25) is 0 Å². The minimum Gasteiger partial charge on any atom is -0.373 e. The molecule has 0 amide bonds. The monoisotopic (exact) mass is 252 g/mol. The molecule has 0 bridgehead atoms. The van der Waals surface area contributed by atoms with Crippen molar-refractivity contribution in [3.05, 3.63) is 6.07 Å². The second-order valence-corrected chi connectivity index (χ2v) is 5.31. The van der Waals surface area contributed by atoms with E-state index in [0.29, 0.717) is 0 Å². The molecule has 1 atom stereocenters. The minimum absolute atomic E-state index is 0.759. The van der Waals surface area contributed by atoms with E-state index in [1.807, 2.05) is 19.4 Å². The first kappa shape index (κ1) is 12.5. The van der Waals surface area contributed by atoms with Crippen LogP contribution in [-0.4, -0.2) is 36.4 Å². The SMILES string of the molecule is CNc1cc(N2CCCC(C)C2)nc(SC)n1. The van der Waals surface area contributed by atoms with Crippen LogP contribution in [0.4, 0.5) is 11.6 Å². The van der Waals surface area contributed by atoms with Crippen molar-refractivity contribution in [2.75, 3.05) is 36.6 Å². The van der Waals surface area contributed by atoms with Crippen LogP contribution in [-0.2, 0) is 0 Å². The van der Waals surface area contributed by atoms with Gasteiger partial charge in [0.25, 0.3) is 0 Å². The highest BCUT2D eigenvalue weighted by atomic mass is 32.2. The van der Waals surface area contributed by atoms with E-state index >= 15 is 0 Å². The lowest BCUT2D eigenvalue weighted by Gasteiger charge is -2.32. The Labute approximate surface area is 107 Å². The first-order valence-electron chi connectivity index (χ1n) is 6.08. The number of piperidine rings is 1. The molecule has 5 heteroatoms. The van der Waals surface area contributed by atoms with Gasteiger partial charge in [-0.15, -0.1) is 0 Å². The first-order valence-corrected chi connectivity index (χ1v) is 7.31. The molecule has 1 fully saturated rings. The fourth-order valence-corrected chi connectivity index (χ4v) is 2.57. The highest BCUT2D eigenvalue weighted by Crippen LogP contribution is 2.24. The maximum atomic E-state index is 4.60. The Morgan fingerprint density at radius 2 is 2.29 bits per heavy atom. The molecule has 17 heavy (non-hydrogen) atoms. The molecule has 94 valence electrons. The van der Waals surface area contributed by atoms with Crippen molar-refractivity contribution >= 4 is 23.4 Å². The van der Waals surface area contributed by atoms with Gasteiger partial charge in [-0.05, 0) is 25.0 Å². The summed E-state index contributed by atoms with van der Waals surface area (Å²) in [4.78, 5) is 11.4. The number of aromatic nitrogens is 2. The average Bonchev–Trinajstić information content (AvgIpc) is 2.38. The van der Waals surface area contributed by atoms with Gasteiger partial charge >= 0.3 is 0 Å². The van der Waals surface area contributed by atoms with Crippen molar-refractivity contribution in [3.63, 3.8) is 0 Å². The predicted molar refractivity (Wildman–Crippen MR) is 74.0 cm³/mol. The quantitative estimate of drug-likeness (QED) is 0.661. The molecule has 1 saturated heterocycles. The molecular formula is C12H20N4S. The Morgan fingerprint density at radius 3 is 2.94 bits per heavy atom. The molecule has 1 aromatic heterocycles. The fourth-order valence-electron chi connectivity index (χ4n) is 2.19.